The highest BCUT2D eigenvalue weighted by Crippen LogP contribution is 2.39. The van der Waals surface area contributed by atoms with E-state index in [1.165, 1.54) is 0 Å². The van der Waals surface area contributed by atoms with Crippen LogP contribution in [0.3, 0.4) is 0 Å². The van der Waals surface area contributed by atoms with Gasteiger partial charge in [0.15, 0.2) is 0 Å². The van der Waals surface area contributed by atoms with E-state index in [4.69, 9.17) is 4.74 Å². The van der Waals surface area contributed by atoms with Gasteiger partial charge in [-0.1, -0.05) is 42.0 Å². The number of aliphatic carboxylic acids is 1. The molecule has 1 saturated heterocycles. The van der Waals surface area contributed by atoms with E-state index in [1.54, 1.807) is 48.5 Å². The molecule has 30 heavy (non-hydrogen) atoms. The quantitative estimate of drug-likeness (QED) is 0.426. The smallest absolute Gasteiger partial charge is 0.295 e. The maximum atomic E-state index is 12.8. The lowest BCUT2D eigenvalue weighted by Crippen LogP contribution is -2.34. The Labute approximate surface area is 174 Å². The zero-order chi connectivity index (χ0) is 21.8. The van der Waals surface area contributed by atoms with Gasteiger partial charge in [-0.05, 0) is 31.5 Å². The number of carboxylic acids is 1. The molecular formula is C23H22NO6-. The Hall–Kier alpha value is -3.61. The number of aryl methyl sites for hydroxylation is 1. The van der Waals surface area contributed by atoms with Gasteiger partial charge in [-0.15, -0.1) is 0 Å². The van der Waals surface area contributed by atoms with Crippen molar-refractivity contribution in [3.8, 4) is 5.75 Å². The van der Waals surface area contributed by atoms with E-state index in [0.717, 1.165) is 10.5 Å². The van der Waals surface area contributed by atoms with E-state index >= 15 is 0 Å². The number of carbonyl (C=O) groups is 3. The number of carbonyl (C=O) groups excluding carboxylic acids is 3. The van der Waals surface area contributed by atoms with Gasteiger partial charge in [-0.3, -0.25) is 9.59 Å². The highest BCUT2D eigenvalue weighted by atomic mass is 16.5. The second kappa shape index (κ2) is 8.82. The minimum Gasteiger partial charge on any atom is -0.550 e. The molecule has 0 aliphatic carbocycles. The molecule has 0 aromatic heterocycles. The number of ketones is 1. The number of hydrogen-bond donors (Lipinski definition) is 1. The van der Waals surface area contributed by atoms with Crippen LogP contribution >= 0.6 is 0 Å². The molecule has 3 rings (SSSR count). The number of hydrogen-bond acceptors (Lipinski definition) is 6. The van der Waals surface area contributed by atoms with Gasteiger partial charge in [0.25, 0.3) is 11.7 Å². The fourth-order valence-corrected chi connectivity index (χ4v) is 3.45. The number of Topliss-reactive ketones (excluding diaryl/α,β-unsaturated/α-hetero) is 1. The molecule has 1 N–H and O–H groups in total. The average Bonchev–Trinajstić information content (AvgIpc) is 2.98. The minimum atomic E-state index is -1.33. The first-order chi connectivity index (χ1) is 14.3. The number of ether oxygens (including phenoxy) is 1. The van der Waals surface area contributed by atoms with Gasteiger partial charge in [0.2, 0.25) is 0 Å². The maximum Gasteiger partial charge on any atom is 0.295 e. The molecular weight excluding hydrogens is 386 g/mol. The number of aliphatic hydroxyl groups is 1. The van der Waals surface area contributed by atoms with E-state index < -0.39 is 30.1 Å². The summed E-state index contributed by atoms with van der Waals surface area (Å²) >= 11 is 0. The molecule has 1 aliphatic heterocycles. The van der Waals surface area contributed by atoms with E-state index in [0.29, 0.717) is 23.5 Å². The molecule has 0 radical (unpaired) electrons. The van der Waals surface area contributed by atoms with Crippen molar-refractivity contribution < 1.29 is 29.3 Å². The second-order valence-corrected chi connectivity index (χ2v) is 6.98. The molecule has 1 heterocycles. The Morgan fingerprint density at radius 2 is 1.73 bits per heavy atom. The van der Waals surface area contributed by atoms with Crippen molar-refractivity contribution in [3.05, 3.63) is 70.8 Å². The van der Waals surface area contributed by atoms with Gasteiger partial charge >= 0.3 is 0 Å². The van der Waals surface area contributed by atoms with Crippen LogP contribution in [-0.2, 0) is 14.4 Å². The molecule has 7 nitrogen and oxygen atoms in total. The molecule has 2 aromatic rings. The fourth-order valence-electron chi connectivity index (χ4n) is 3.45. The summed E-state index contributed by atoms with van der Waals surface area (Å²) in [6.45, 7) is 4.01. The van der Waals surface area contributed by atoms with Crippen molar-refractivity contribution in [2.75, 3.05) is 13.2 Å². The molecule has 1 amide bonds. The molecule has 0 unspecified atom stereocenters. The highest BCUT2D eigenvalue weighted by Gasteiger charge is 2.45. The molecule has 0 saturated carbocycles. The van der Waals surface area contributed by atoms with Gasteiger partial charge < -0.3 is 24.6 Å². The predicted molar refractivity (Wildman–Crippen MR) is 107 cm³/mol. The number of rotatable bonds is 7. The Kier molecular flexibility index (Phi) is 6.20. The Balaban J connectivity index is 2.11. The normalized spacial score (nSPS) is 17.9. The van der Waals surface area contributed by atoms with E-state index in [9.17, 15) is 24.6 Å². The highest BCUT2D eigenvalue weighted by molar-refractivity contribution is 6.46. The third-order valence-corrected chi connectivity index (χ3v) is 4.93. The van der Waals surface area contributed by atoms with Gasteiger partial charge in [-0.2, -0.15) is 0 Å². The third kappa shape index (κ3) is 4.20. The minimum absolute atomic E-state index is 0.0774. The summed E-state index contributed by atoms with van der Waals surface area (Å²) in [6, 6.07) is 12.8. The number of carboxylic acid groups (broad SMARTS) is 1. The van der Waals surface area contributed by atoms with Crippen molar-refractivity contribution in [1.82, 2.24) is 4.90 Å². The molecule has 1 atom stereocenters. The molecule has 1 aliphatic rings. The van der Waals surface area contributed by atoms with Crippen molar-refractivity contribution in [2.45, 2.75) is 26.3 Å². The maximum absolute atomic E-state index is 12.8. The van der Waals surface area contributed by atoms with Crippen LogP contribution in [0.4, 0.5) is 0 Å². The van der Waals surface area contributed by atoms with Crippen LogP contribution in [0.2, 0.25) is 0 Å². The lowest BCUT2D eigenvalue weighted by atomic mass is 9.95. The lowest BCUT2D eigenvalue weighted by Gasteiger charge is -2.25. The van der Waals surface area contributed by atoms with Crippen molar-refractivity contribution in [2.24, 2.45) is 0 Å². The third-order valence-electron chi connectivity index (χ3n) is 4.93. The molecule has 0 spiro atoms. The second-order valence-electron chi connectivity index (χ2n) is 6.98. The lowest BCUT2D eigenvalue weighted by molar-refractivity contribution is -0.305. The standard InChI is InChI=1S/C23H23NO6/c1-3-30-17-10-8-15(9-11-17)20-19(21(27)16-6-4-14(2)5-7-16)22(28)23(29)24(20)13-12-18(25)26/h4-11,20,27H,3,12-13H2,1-2H3,(H,25,26)/p-1/t20-/m0/s1. The molecule has 0 bridgehead atoms. The van der Waals surface area contributed by atoms with Gasteiger partial charge in [0, 0.05) is 24.5 Å². The summed E-state index contributed by atoms with van der Waals surface area (Å²) in [4.78, 5) is 37.6. The first-order valence-electron chi connectivity index (χ1n) is 9.61. The summed E-state index contributed by atoms with van der Waals surface area (Å²) in [6.07, 6.45) is -0.425. The zero-order valence-corrected chi connectivity index (χ0v) is 16.8. The summed E-state index contributed by atoms with van der Waals surface area (Å²) in [7, 11) is 0. The Bertz CT molecular complexity index is 991. The van der Waals surface area contributed by atoms with Crippen molar-refractivity contribution in [1.29, 1.82) is 0 Å². The Morgan fingerprint density at radius 3 is 2.30 bits per heavy atom. The number of amides is 1. The number of benzene rings is 2. The monoisotopic (exact) mass is 408 g/mol. The zero-order valence-electron chi connectivity index (χ0n) is 16.8. The summed E-state index contributed by atoms with van der Waals surface area (Å²) < 4.78 is 5.43. The van der Waals surface area contributed by atoms with E-state index in [1.807, 2.05) is 13.8 Å². The number of nitrogens with zero attached hydrogens (tertiary/aromatic N) is 1. The number of likely N-dealkylation sites (tertiary alicyclic amines) is 1. The molecule has 1 fully saturated rings. The predicted octanol–water partition coefficient (Wildman–Crippen LogP) is 1.96. The SMILES string of the molecule is CCOc1ccc([C@H]2C(=C(O)c3ccc(C)cc3)C(=O)C(=O)N2CCC(=O)[O-])cc1. The van der Waals surface area contributed by atoms with E-state index in [2.05, 4.69) is 0 Å². The van der Waals surface area contributed by atoms with Gasteiger partial charge in [0.1, 0.15) is 11.5 Å². The van der Waals surface area contributed by atoms with E-state index in [-0.39, 0.29) is 17.9 Å². The molecule has 2 aromatic carbocycles. The van der Waals surface area contributed by atoms with Crippen molar-refractivity contribution >= 4 is 23.4 Å². The van der Waals surface area contributed by atoms with Crippen LogP contribution in [0.25, 0.3) is 5.76 Å². The van der Waals surface area contributed by atoms with Gasteiger partial charge in [0.05, 0.1) is 18.2 Å². The largest absolute Gasteiger partial charge is 0.550 e. The summed E-state index contributed by atoms with van der Waals surface area (Å²) in [5, 5.41) is 21.9. The topological polar surface area (TPSA) is 107 Å². The fraction of sp³-hybridized carbons (Fsp3) is 0.261. The van der Waals surface area contributed by atoms with Crippen LogP contribution in [0.5, 0.6) is 5.75 Å². The van der Waals surface area contributed by atoms with Crippen LogP contribution in [0, 0.1) is 6.92 Å². The van der Waals surface area contributed by atoms with Crippen LogP contribution in [0.1, 0.15) is 36.1 Å². The first-order valence-corrected chi connectivity index (χ1v) is 9.61. The summed E-state index contributed by atoms with van der Waals surface area (Å²) in [5.41, 5.74) is 1.86. The Morgan fingerprint density at radius 1 is 1.10 bits per heavy atom. The van der Waals surface area contributed by atoms with Crippen LogP contribution < -0.4 is 9.84 Å². The average molecular weight is 408 g/mol. The summed E-state index contributed by atoms with van der Waals surface area (Å²) in [5.74, 6) is -2.73. The molecule has 156 valence electrons. The van der Waals surface area contributed by atoms with Gasteiger partial charge in [-0.25, -0.2) is 0 Å². The van der Waals surface area contributed by atoms with Crippen molar-refractivity contribution in [3.63, 3.8) is 0 Å². The first kappa shape index (κ1) is 21.1. The molecule has 7 heteroatoms. The van der Waals surface area contributed by atoms with Crippen LogP contribution in [-0.4, -0.2) is 40.8 Å². The van der Waals surface area contributed by atoms with Crippen LogP contribution in [0.15, 0.2) is 54.1 Å². The number of aliphatic hydroxyl groups excluding tert-OH is 1.